The van der Waals surface area contributed by atoms with Gasteiger partial charge in [-0.15, -0.1) is 0 Å². The van der Waals surface area contributed by atoms with Crippen LogP contribution in [0.2, 0.25) is 0 Å². The van der Waals surface area contributed by atoms with E-state index in [1.807, 2.05) is 0 Å². The minimum absolute atomic E-state index is 1.14. The van der Waals surface area contributed by atoms with Crippen LogP contribution in [0.3, 0.4) is 0 Å². The largest absolute Gasteiger partial charge is 0.746 e. The molecule has 0 aromatic carbocycles. The Morgan fingerprint density at radius 3 is 1.50 bits per heavy atom. The molecule has 0 heterocycles. The Morgan fingerprint density at radius 2 is 1.50 bits per heavy atom. The number of hydrogen-bond acceptors (Lipinski definition) is 6. The third-order valence-corrected chi connectivity index (χ3v) is 0.946. The van der Waals surface area contributed by atoms with E-state index in [1.54, 1.807) is 0 Å². The van der Waals surface area contributed by atoms with Crippen molar-refractivity contribution in [2.75, 3.05) is 0 Å². The zero-order chi connectivity index (χ0) is 8.31. The number of rotatable bonds is 3. The highest BCUT2D eigenvalue weighted by Crippen LogP contribution is 1.90. The van der Waals surface area contributed by atoms with E-state index in [9.17, 15) is 29.0 Å². The van der Waals surface area contributed by atoms with Crippen LogP contribution in [0.25, 0.3) is 0 Å². The maximum atomic E-state index is 9.62. The summed E-state index contributed by atoms with van der Waals surface area (Å²) in [7, 11) is 0. The van der Waals surface area contributed by atoms with E-state index in [1.165, 1.54) is 0 Å². The number of hydrazine groups is 2. The highest BCUT2D eigenvalue weighted by Gasteiger charge is 2.28. The lowest BCUT2D eigenvalue weighted by molar-refractivity contribution is -0.870. The predicted molar refractivity (Wildman–Crippen MR) is 24.7 cm³/mol. The molecule has 0 N–H and O–H groups in total. The number of nitrogens with zero attached hydrogens (tertiary/aromatic N) is 3. The molecule has 0 bridgehead atoms. The Hall–Kier alpha value is -1.29. The third kappa shape index (κ3) is 1.91. The lowest BCUT2D eigenvalue weighted by Crippen LogP contribution is -2.36. The first-order valence-corrected chi connectivity index (χ1v) is 2.68. The quantitative estimate of drug-likeness (QED) is 0.286. The maximum Gasteiger partial charge on any atom is 0.247 e. The summed E-state index contributed by atoms with van der Waals surface area (Å²) < 4.78 is 18.1. The van der Waals surface area contributed by atoms with Crippen LogP contribution in [-0.4, -0.2) is 23.3 Å². The molecule has 10 heteroatoms. The summed E-state index contributed by atoms with van der Waals surface area (Å²) in [6, 6.07) is 0. The lowest BCUT2D eigenvalue weighted by Gasteiger charge is -2.02. The second-order valence-corrected chi connectivity index (χ2v) is 1.71. The molecule has 0 radical (unpaired) electrons. The first kappa shape index (κ1) is 8.71. The Bertz CT molecular complexity index is 152. The van der Waals surface area contributed by atoms with E-state index in [-0.39, 0.29) is 0 Å². The molecule has 0 spiro atoms. The minimum Gasteiger partial charge on any atom is -0.746 e. The number of hydrogen-bond donors (Lipinski definition) is 0. The summed E-state index contributed by atoms with van der Waals surface area (Å²) in [6.07, 6.45) is 0. The van der Waals surface area contributed by atoms with Crippen molar-refractivity contribution in [3.05, 3.63) is 20.2 Å². The summed E-state index contributed by atoms with van der Waals surface area (Å²) in [5.74, 6) is 0. The van der Waals surface area contributed by atoms with E-state index < -0.39 is 25.9 Å². The normalized spacial score (nSPS) is 12.1. The molecule has 0 amide bonds. The fourth-order valence-corrected chi connectivity index (χ4v) is 0.386. The smallest absolute Gasteiger partial charge is 0.247 e. The molecule has 0 aromatic heterocycles. The molecule has 1 atom stereocenters. The first-order valence-electron chi connectivity index (χ1n) is 1.65. The Labute approximate surface area is 55.9 Å². The Morgan fingerprint density at radius 1 is 1.20 bits per heavy atom. The molecule has 0 saturated carbocycles. The molecule has 0 saturated heterocycles. The summed E-state index contributed by atoms with van der Waals surface area (Å²) in [6.45, 7) is 0. The molecule has 0 aliphatic carbocycles. The van der Waals surface area contributed by atoms with Crippen LogP contribution in [0.1, 0.15) is 0 Å². The summed E-state index contributed by atoms with van der Waals surface area (Å²) in [5, 5.41) is 15.6. The van der Waals surface area contributed by atoms with Crippen molar-refractivity contribution in [1.82, 2.24) is 4.52 Å². The molecule has 0 aromatic rings. The van der Waals surface area contributed by atoms with E-state index in [2.05, 4.69) is 0 Å². The van der Waals surface area contributed by atoms with Gasteiger partial charge in [-0.2, -0.15) is 0 Å². The van der Waals surface area contributed by atoms with Gasteiger partial charge >= 0.3 is 0 Å². The second kappa shape index (κ2) is 3.03. The summed E-state index contributed by atoms with van der Waals surface area (Å²) >= 11 is -3.48. The van der Waals surface area contributed by atoms with Crippen molar-refractivity contribution >= 4 is 11.3 Å². The van der Waals surface area contributed by atoms with Crippen LogP contribution in [-0.2, 0) is 11.3 Å². The van der Waals surface area contributed by atoms with E-state index in [4.69, 9.17) is 0 Å². The van der Waals surface area contributed by atoms with Gasteiger partial charge in [-0.1, -0.05) is 0 Å². The maximum absolute atomic E-state index is 9.62. The molecule has 58 valence electrons. The van der Waals surface area contributed by atoms with E-state index >= 15 is 0 Å². The van der Waals surface area contributed by atoms with Crippen molar-refractivity contribution in [3.63, 3.8) is 0 Å². The van der Waals surface area contributed by atoms with Gasteiger partial charge in [0.15, 0.2) is 11.3 Å². The summed E-state index contributed by atoms with van der Waals surface area (Å²) in [4.78, 5) is 19.0. The Balaban J connectivity index is 4.43. The van der Waals surface area contributed by atoms with Gasteiger partial charge in [-0.25, -0.2) is 24.4 Å². The molecule has 1 unspecified atom stereocenters. The van der Waals surface area contributed by atoms with Crippen molar-refractivity contribution in [2.45, 2.75) is 0 Å². The molecule has 0 aliphatic heterocycles. The van der Waals surface area contributed by atoms with Gasteiger partial charge in [0.1, 0.15) is 0 Å². The molecule has 9 nitrogen and oxygen atoms in total. The van der Waals surface area contributed by atoms with Gasteiger partial charge < -0.3 is 4.55 Å². The van der Waals surface area contributed by atoms with Crippen molar-refractivity contribution in [3.8, 4) is 0 Å². The zero-order valence-corrected chi connectivity index (χ0v) is 5.02. The van der Waals surface area contributed by atoms with Gasteiger partial charge in [0, 0.05) is 0 Å². The SMILES string of the molecule is O=[N+]([O-])N([N+](=O)[O-])S(=O)[O-]. The van der Waals surface area contributed by atoms with E-state index in [0.29, 0.717) is 0 Å². The van der Waals surface area contributed by atoms with Crippen LogP contribution < -0.4 is 0 Å². The van der Waals surface area contributed by atoms with Crippen LogP contribution in [0.4, 0.5) is 0 Å². The van der Waals surface area contributed by atoms with Crippen molar-refractivity contribution < 1.29 is 18.8 Å². The predicted octanol–water partition coefficient (Wildman–Crippen LogP) is -1.53. The molecule has 10 heavy (non-hydrogen) atoms. The first-order chi connectivity index (χ1) is 4.46. The van der Waals surface area contributed by atoms with Gasteiger partial charge in [0.25, 0.3) is 0 Å². The topological polar surface area (TPSA) is 130 Å². The molecular formula is N3O6S-. The Kier molecular flexibility index (Phi) is 2.64. The minimum atomic E-state index is -3.48. The second-order valence-electron chi connectivity index (χ2n) is 0.946. The van der Waals surface area contributed by atoms with Crippen molar-refractivity contribution in [1.29, 1.82) is 0 Å². The third-order valence-electron chi connectivity index (χ3n) is 0.413. The summed E-state index contributed by atoms with van der Waals surface area (Å²) in [5.41, 5.74) is 0. The van der Waals surface area contributed by atoms with Gasteiger partial charge in [0.05, 0.1) is 0 Å². The zero-order valence-electron chi connectivity index (χ0n) is 4.20. The fraction of sp³-hybridized carbons (Fsp3) is 0. The van der Waals surface area contributed by atoms with Crippen molar-refractivity contribution in [2.24, 2.45) is 0 Å². The highest BCUT2D eigenvalue weighted by molar-refractivity contribution is 7.76. The van der Waals surface area contributed by atoms with Crippen LogP contribution in [0.5, 0.6) is 0 Å². The molecule has 0 fully saturated rings. The highest BCUT2D eigenvalue weighted by atomic mass is 32.2. The number of nitro groups is 2. The average molecular weight is 170 g/mol. The monoisotopic (exact) mass is 170 g/mol. The molecule has 0 aliphatic rings. The van der Waals surface area contributed by atoms with Crippen LogP contribution in [0, 0.1) is 20.2 Å². The van der Waals surface area contributed by atoms with E-state index in [0.717, 1.165) is 0 Å². The van der Waals surface area contributed by atoms with Gasteiger partial charge in [-0.05, 0) is 0 Å². The average Bonchev–Trinajstić information content (AvgIpc) is 1.59. The molecular weight excluding hydrogens is 170 g/mol. The fourth-order valence-electron chi connectivity index (χ4n) is 0.168. The van der Waals surface area contributed by atoms with Crippen LogP contribution in [0.15, 0.2) is 0 Å². The lowest BCUT2D eigenvalue weighted by atomic mass is 12.4. The van der Waals surface area contributed by atoms with Gasteiger partial charge in [0.2, 0.25) is 14.6 Å². The standard InChI is InChI=1S/HN3O6S/c4-2(5)1(3(6)7)10(8)9/h(H,8,9)/p-1. The van der Waals surface area contributed by atoms with Crippen LogP contribution >= 0.6 is 0 Å². The van der Waals surface area contributed by atoms with Gasteiger partial charge in [-0.3, -0.25) is 0 Å². The molecule has 0 rings (SSSR count).